The van der Waals surface area contributed by atoms with Crippen molar-refractivity contribution in [3.05, 3.63) is 52.7 Å². The van der Waals surface area contributed by atoms with Crippen LogP contribution in [0.5, 0.6) is 0 Å². The highest BCUT2D eigenvalue weighted by Crippen LogP contribution is 2.20. The molecule has 1 aromatic carbocycles. The van der Waals surface area contributed by atoms with Gasteiger partial charge in [0.25, 0.3) is 5.56 Å². The van der Waals surface area contributed by atoms with Crippen LogP contribution in [0.4, 0.5) is 20.4 Å². The van der Waals surface area contributed by atoms with E-state index < -0.39 is 11.6 Å². The Kier molecular flexibility index (Phi) is 4.19. The number of piperidine rings is 1. The Morgan fingerprint density at radius 2 is 2.00 bits per heavy atom. The van der Waals surface area contributed by atoms with Crippen molar-refractivity contribution in [2.75, 3.05) is 23.3 Å². The van der Waals surface area contributed by atoms with Gasteiger partial charge in [-0.25, -0.2) is 18.7 Å². The zero-order valence-corrected chi connectivity index (χ0v) is 13.7. The number of aromatic amines is 1. The lowest BCUT2D eigenvalue weighted by Crippen LogP contribution is -2.44. The third-order valence-corrected chi connectivity index (χ3v) is 4.35. The lowest BCUT2D eigenvalue weighted by Gasteiger charge is -2.33. The third-order valence-electron chi connectivity index (χ3n) is 4.35. The van der Waals surface area contributed by atoms with Gasteiger partial charge in [0.1, 0.15) is 5.82 Å². The molecule has 0 spiro atoms. The zero-order chi connectivity index (χ0) is 18.1. The van der Waals surface area contributed by atoms with Crippen molar-refractivity contribution >= 4 is 22.7 Å². The van der Waals surface area contributed by atoms with Crippen molar-refractivity contribution in [1.29, 1.82) is 0 Å². The number of hydrogen-bond donors (Lipinski definition) is 2. The summed E-state index contributed by atoms with van der Waals surface area (Å²) in [5, 5.41) is 3.25. The summed E-state index contributed by atoms with van der Waals surface area (Å²) in [4.78, 5) is 29.0. The van der Waals surface area contributed by atoms with Gasteiger partial charge in [0.2, 0.25) is 0 Å². The van der Waals surface area contributed by atoms with Crippen LogP contribution < -0.4 is 15.8 Å². The standard InChI is InChI=1S/C17H16F2N6O/c18-11-6-13-14(7-12(11)19)24-15(8-22-13)23-10-2-1-5-25(9-10)16-17(26)21-4-3-20-16/h3-4,6-8,10H,1-2,5,9H2,(H,21,26)(H,23,24). The summed E-state index contributed by atoms with van der Waals surface area (Å²) in [5.41, 5.74) is 0.346. The minimum absolute atomic E-state index is 0.0298. The van der Waals surface area contributed by atoms with E-state index >= 15 is 0 Å². The van der Waals surface area contributed by atoms with E-state index in [1.807, 2.05) is 4.90 Å². The van der Waals surface area contributed by atoms with Gasteiger partial charge in [0.05, 0.1) is 17.2 Å². The molecule has 1 saturated heterocycles. The molecule has 3 aromatic rings. The van der Waals surface area contributed by atoms with Gasteiger partial charge < -0.3 is 15.2 Å². The average molecular weight is 358 g/mol. The normalized spacial score (nSPS) is 17.5. The monoisotopic (exact) mass is 358 g/mol. The summed E-state index contributed by atoms with van der Waals surface area (Å²) in [6, 6.07) is 2.09. The van der Waals surface area contributed by atoms with Gasteiger partial charge in [-0.2, -0.15) is 0 Å². The molecule has 0 saturated carbocycles. The fraction of sp³-hybridized carbons (Fsp3) is 0.294. The molecule has 2 aromatic heterocycles. The third kappa shape index (κ3) is 3.19. The Morgan fingerprint density at radius 1 is 1.19 bits per heavy atom. The Balaban J connectivity index is 1.53. The minimum Gasteiger partial charge on any atom is -0.364 e. The van der Waals surface area contributed by atoms with Crippen molar-refractivity contribution in [1.82, 2.24) is 19.9 Å². The predicted molar refractivity (Wildman–Crippen MR) is 93.2 cm³/mol. The SMILES string of the molecule is O=c1[nH]ccnc1N1CCCC(Nc2cnc3cc(F)c(F)cc3n2)C1. The molecule has 1 unspecified atom stereocenters. The van der Waals surface area contributed by atoms with E-state index in [9.17, 15) is 13.6 Å². The number of rotatable bonds is 3. The molecule has 9 heteroatoms. The number of hydrogen-bond acceptors (Lipinski definition) is 6. The van der Waals surface area contributed by atoms with Gasteiger partial charge in [0.15, 0.2) is 17.5 Å². The lowest BCUT2D eigenvalue weighted by atomic mass is 10.1. The number of nitrogens with one attached hydrogen (secondary N) is 2. The van der Waals surface area contributed by atoms with Crippen molar-refractivity contribution in [2.24, 2.45) is 0 Å². The summed E-state index contributed by atoms with van der Waals surface area (Å²) in [6.45, 7) is 1.32. The van der Waals surface area contributed by atoms with Crippen molar-refractivity contribution < 1.29 is 8.78 Å². The van der Waals surface area contributed by atoms with E-state index in [1.165, 1.54) is 12.4 Å². The van der Waals surface area contributed by atoms with E-state index in [1.54, 1.807) is 6.20 Å². The molecule has 134 valence electrons. The first kappa shape index (κ1) is 16.4. The van der Waals surface area contributed by atoms with Crippen molar-refractivity contribution in [3.63, 3.8) is 0 Å². The van der Waals surface area contributed by atoms with Crippen LogP contribution >= 0.6 is 0 Å². The minimum atomic E-state index is -0.956. The van der Waals surface area contributed by atoms with Gasteiger partial charge in [-0.15, -0.1) is 0 Å². The first-order valence-corrected chi connectivity index (χ1v) is 8.27. The highest BCUT2D eigenvalue weighted by molar-refractivity contribution is 5.75. The molecular formula is C17H16F2N6O. The zero-order valence-electron chi connectivity index (χ0n) is 13.7. The van der Waals surface area contributed by atoms with E-state index in [-0.39, 0.29) is 17.1 Å². The molecule has 1 fully saturated rings. The second-order valence-corrected chi connectivity index (χ2v) is 6.18. The molecule has 0 bridgehead atoms. The molecule has 1 aliphatic heterocycles. The Morgan fingerprint density at radius 3 is 2.81 bits per heavy atom. The first-order valence-electron chi connectivity index (χ1n) is 8.27. The molecule has 3 heterocycles. The summed E-state index contributed by atoms with van der Waals surface area (Å²) >= 11 is 0. The molecular weight excluding hydrogens is 342 g/mol. The number of nitrogens with zero attached hydrogens (tertiary/aromatic N) is 4. The van der Waals surface area contributed by atoms with Gasteiger partial charge in [-0.05, 0) is 12.8 Å². The predicted octanol–water partition coefficient (Wildman–Crippen LogP) is 2.07. The van der Waals surface area contributed by atoms with Gasteiger partial charge >= 0.3 is 0 Å². The largest absolute Gasteiger partial charge is 0.364 e. The number of anilines is 2. The van der Waals surface area contributed by atoms with Crippen LogP contribution in [-0.4, -0.2) is 39.1 Å². The van der Waals surface area contributed by atoms with E-state index in [2.05, 4.69) is 25.3 Å². The number of benzene rings is 1. The lowest BCUT2D eigenvalue weighted by molar-refractivity contribution is 0.510. The fourth-order valence-electron chi connectivity index (χ4n) is 3.14. The summed E-state index contributed by atoms with van der Waals surface area (Å²) in [7, 11) is 0. The summed E-state index contributed by atoms with van der Waals surface area (Å²) < 4.78 is 26.7. The van der Waals surface area contributed by atoms with Gasteiger partial charge in [-0.1, -0.05) is 0 Å². The molecule has 2 N–H and O–H groups in total. The molecule has 4 rings (SSSR count). The van der Waals surface area contributed by atoms with Crippen molar-refractivity contribution in [3.8, 4) is 0 Å². The van der Waals surface area contributed by atoms with Gasteiger partial charge in [-0.3, -0.25) is 9.78 Å². The van der Waals surface area contributed by atoms with Crippen LogP contribution in [0.2, 0.25) is 0 Å². The maximum atomic E-state index is 13.4. The number of fused-ring (bicyclic) bond motifs is 1. The smallest absolute Gasteiger partial charge is 0.290 e. The van der Waals surface area contributed by atoms with E-state index in [4.69, 9.17) is 0 Å². The van der Waals surface area contributed by atoms with Crippen molar-refractivity contribution in [2.45, 2.75) is 18.9 Å². The topological polar surface area (TPSA) is 86.8 Å². The molecule has 1 aliphatic rings. The highest BCUT2D eigenvalue weighted by Gasteiger charge is 2.23. The van der Waals surface area contributed by atoms with Crippen LogP contribution in [0, 0.1) is 11.6 Å². The molecule has 0 amide bonds. The number of aromatic nitrogens is 4. The van der Waals surface area contributed by atoms with Crippen LogP contribution in [0.15, 0.2) is 35.5 Å². The second kappa shape index (κ2) is 6.66. The quantitative estimate of drug-likeness (QED) is 0.745. The maximum absolute atomic E-state index is 13.4. The Labute approximate surface area is 147 Å². The molecule has 0 radical (unpaired) electrons. The number of H-pyrrole nitrogens is 1. The molecule has 0 aliphatic carbocycles. The Hall–Kier alpha value is -3.10. The number of halogens is 2. The average Bonchev–Trinajstić information content (AvgIpc) is 2.64. The molecule has 7 nitrogen and oxygen atoms in total. The maximum Gasteiger partial charge on any atom is 0.290 e. The highest BCUT2D eigenvalue weighted by atomic mass is 19.2. The van der Waals surface area contributed by atoms with Crippen LogP contribution in [0.25, 0.3) is 11.0 Å². The fourth-order valence-corrected chi connectivity index (χ4v) is 3.14. The molecule has 26 heavy (non-hydrogen) atoms. The van der Waals surface area contributed by atoms with E-state index in [0.29, 0.717) is 23.7 Å². The van der Waals surface area contributed by atoms with Crippen LogP contribution in [-0.2, 0) is 0 Å². The Bertz CT molecular complexity index is 1010. The van der Waals surface area contributed by atoms with E-state index in [0.717, 1.165) is 31.5 Å². The van der Waals surface area contributed by atoms with Crippen LogP contribution in [0.3, 0.4) is 0 Å². The van der Waals surface area contributed by atoms with Gasteiger partial charge in [0, 0.05) is 43.7 Å². The molecule has 1 atom stereocenters. The summed E-state index contributed by atoms with van der Waals surface area (Å²) in [6.07, 6.45) is 6.31. The van der Waals surface area contributed by atoms with Crippen LogP contribution in [0.1, 0.15) is 12.8 Å². The first-order chi connectivity index (χ1) is 12.6. The second-order valence-electron chi connectivity index (χ2n) is 6.18. The summed E-state index contributed by atoms with van der Waals surface area (Å²) in [5.74, 6) is -1.04.